The average molecular weight is 344 g/mol. The number of hydrogen-bond donors (Lipinski definition) is 2. The van der Waals surface area contributed by atoms with Gasteiger partial charge in [0.15, 0.2) is 17.0 Å². The molecule has 0 bridgehead atoms. The van der Waals surface area contributed by atoms with Crippen LogP contribution in [0.1, 0.15) is 26.5 Å². The zero-order chi connectivity index (χ0) is 17.8. The van der Waals surface area contributed by atoms with E-state index in [0.29, 0.717) is 29.9 Å². The van der Waals surface area contributed by atoms with Crippen molar-refractivity contribution in [2.45, 2.75) is 38.6 Å². The highest BCUT2D eigenvalue weighted by Gasteiger charge is 2.36. The van der Waals surface area contributed by atoms with Crippen molar-refractivity contribution < 1.29 is 9.84 Å². The Hall–Kier alpha value is -2.68. The Morgan fingerprint density at radius 3 is 3.08 bits per heavy atom. The molecule has 2 aromatic rings. The summed E-state index contributed by atoms with van der Waals surface area (Å²) in [6, 6.07) is -0.422. The molecule has 132 valence electrons. The Balaban J connectivity index is 1.86. The second-order valence-electron chi connectivity index (χ2n) is 6.03. The summed E-state index contributed by atoms with van der Waals surface area (Å²) in [7, 11) is 0. The van der Waals surface area contributed by atoms with Gasteiger partial charge < -0.3 is 15.2 Å². The Labute approximate surface area is 144 Å². The molecular weight excluding hydrogens is 324 g/mol. The molecule has 0 unspecified atom stereocenters. The third-order valence-corrected chi connectivity index (χ3v) is 4.03. The minimum Gasteiger partial charge on any atom is -0.394 e. The van der Waals surface area contributed by atoms with Crippen LogP contribution >= 0.6 is 0 Å². The van der Waals surface area contributed by atoms with Gasteiger partial charge in [-0.1, -0.05) is 16.8 Å². The van der Waals surface area contributed by atoms with Gasteiger partial charge in [-0.3, -0.25) is 4.57 Å². The topological polar surface area (TPSA) is 134 Å². The normalized spacial score (nSPS) is 22.6. The van der Waals surface area contributed by atoms with E-state index >= 15 is 0 Å². The van der Waals surface area contributed by atoms with Gasteiger partial charge in [0.1, 0.15) is 12.6 Å². The lowest BCUT2D eigenvalue weighted by Crippen LogP contribution is -2.22. The highest BCUT2D eigenvalue weighted by molar-refractivity contribution is 5.82. The molecule has 1 saturated heterocycles. The van der Waals surface area contributed by atoms with Crippen molar-refractivity contribution in [2.75, 3.05) is 18.5 Å². The first kappa shape index (κ1) is 17.2. The molecule has 1 aliphatic heterocycles. The lowest BCUT2D eigenvalue weighted by atomic mass is 10.1. The largest absolute Gasteiger partial charge is 0.394 e. The molecule has 0 radical (unpaired) electrons. The van der Waals surface area contributed by atoms with E-state index in [4.69, 9.17) is 10.3 Å². The Morgan fingerprint density at radius 2 is 2.36 bits per heavy atom. The number of azide groups is 1. The predicted molar refractivity (Wildman–Crippen MR) is 91.8 cm³/mol. The smallest absolute Gasteiger partial charge is 0.167 e. The third kappa shape index (κ3) is 3.55. The summed E-state index contributed by atoms with van der Waals surface area (Å²) in [6.07, 6.45) is 4.67. The van der Waals surface area contributed by atoms with Gasteiger partial charge in [0.2, 0.25) is 0 Å². The number of nitrogens with one attached hydrogen (secondary N) is 1. The van der Waals surface area contributed by atoms with E-state index in [0.717, 1.165) is 0 Å². The van der Waals surface area contributed by atoms with Gasteiger partial charge in [0.05, 0.1) is 25.1 Å². The first-order valence-electron chi connectivity index (χ1n) is 7.99. The molecule has 2 N–H and O–H groups in total. The number of imidazole rings is 1. The fourth-order valence-corrected chi connectivity index (χ4v) is 2.78. The van der Waals surface area contributed by atoms with Crippen molar-refractivity contribution >= 4 is 17.0 Å². The molecule has 10 nitrogen and oxygen atoms in total. The number of aromatic nitrogens is 4. The molecule has 3 heterocycles. The second-order valence-corrected chi connectivity index (χ2v) is 6.03. The van der Waals surface area contributed by atoms with Crippen molar-refractivity contribution in [3.05, 3.63) is 34.7 Å². The molecule has 1 aliphatic rings. The average Bonchev–Trinajstić information content (AvgIpc) is 3.19. The van der Waals surface area contributed by atoms with E-state index in [-0.39, 0.29) is 6.61 Å². The van der Waals surface area contributed by atoms with Crippen LogP contribution in [-0.2, 0) is 4.74 Å². The maximum Gasteiger partial charge on any atom is 0.167 e. The van der Waals surface area contributed by atoms with E-state index in [2.05, 4.69) is 36.4 Å². The molecule has 0 aromatic carbocycles. The molecule has 3 rings (SSSR count). The second kappa shape index (κ2) is 7.47. The van der Waals surface area contributed by atoms with Crippen LogP contribution in [0.5, 0.6) is 0 Å². The summed E-state index contributed by atoms with van der Waals surface area (Å²) in [6.45, 7) is 4.49. The number of allylic oxidation sites excluding steroid dienone is 1. The summed E-state index contributed by atoms with van der Waals surface area (Å²) in [5, 5.41) is 16.3. The zero-order valence-corrected chi connectivity index (χ0v) is 14.1. The van der Waals surface area contributed by atoms with Gasteiger partial charge >= 0.3 is 0 Å². The number of hydrogen-bond acceptors (Lipinski definition) is 7. The number of rotatable bonds is 6. The van der Waals surface area contributed by atoms with Crippen LogP contribution in [0.3, 0.4) is 0 Å². The summed E-state index contributed by atoms with van der Waals surface area (Å²) in [5.74, 6) is 0.643. The quantitative estimate of drug-likeness (QED) is 0.357. The fourth-order valence-electron chi connectivity index (χ4n) is 2.78. The van der Waals surface area contributed by atoms with Crippen LogP contribution in [0.25, 0.3) is 21.6 Å². The summed E-state index contributed by atoms with van der Waals surface area (Å²) in [5.41, 5.74) is 11.1. The Bertz CT molecular complexity index is 822. The summed E-state index contributed by atoms with van der Waals surface area (Å²) >= 11 is 0. The zero-order valence-electron chi connectivity index (χ0n) is 14.1. The van der Waals surface area contributed by atoms with Crippen molar-refractivity contribution in [3.8, 4) is 0 Å². The van der Waals surface area contributed by atoms with Gasteiger partial charge in [0, 0.05) is 17.9 Å². The SMILES string of the molecule is CC(C)=CCNc1ncnc2c1ncn2[C@H]1C[C@H](N=[N+]=[N-])[C@@H](CO)O1. The molecule has 1 fully saturated rings. The number of fused-ring (bicyclic) bond motifs is 1. The minimum atomic E-state index is -0.532. The maximum absolute atomic E-state index is 9.40. The van der Waals surface area contributed by atoms with Crippen molar-refractivity contribution in [1.82, 2.24) is 19.5 Å². The molecule has 0 aliphatic carbocycles. The maximum atomic E-state index is 9.40. The number of aliphatic hydroxyl groups excluding tert-OH is 1. The lowest BCUT2D eigenvalue weighted by molar-refractivity contribution is -0.0233. The van der Waals surface area contributed by atoms with Crippen molar-refractivity contribution in [3.63, 3.8) is 0 Å². The number of anilines is 1. The summed E-state index contributed by atoms with van der Waals surface area (Å²) in [4.78, 5) is 15.8. The molecule has 0 amide bonds. The van der Waals surface area contributed by atoms with Gasteiger partial charge in [-0.15, -0.1) is 0 Å². The van der Waals surface area contributed by atoms with E-state index in [1.165, 1.54) is 11.9 Å². The van der Waals surface area contributed by atoms with E-state index in [1.807, 2.05) is 13.8 Å². The molecule has 2 aromatic heterocycles. The first-order chi connectivity index (χ1) is 12.1. The van der Waals surface area contributed by atoms with Gasteiger partial charge in [-0.05, 0) is 19.4 Å². The van der Waals surface area contributed by atoms with Crippen LogP contribution in [-0.4, -0.2) is 49.9 Å². The third-order valence-electron chi connectivity index (χ3n) is 4.03. The standard InChI is InChI=1S/C15H20N8O2/c1-9(2)3-4-17-14-13-15(19-7-18-14)23(8-20-13)12-5-10(21-22-16)11(6-24)25-12/h3,7-8,10-12,24H,4-6H2,1-2H3,(H,17,18,19)/t10-,11+,12+/m0/s1. The lowest BCUT2D eigenvalue weighted by Gasteiger charge is -2.14. The van der Waals surface area contributed by atoms with Crippen LogP contribution in [0.4, 0.5) is 5.82 Å². The monoisotopic (exact) mass is 344 g/mol. The minimum absolute atomic E-state index is 0.211. The molecule has 0 saturated carbocycles. The molecule has 3 atom stereocenters. The molecular formula is C15H20N8O2. The van der Waals surface area contributed by atoms with E-state index in [9.17, 15) is 5.11 Å². The fraction of sp³-hybridized carbons (Fsp3) is 0.533. The van der Waals surface area contributed by atoms with Gasteiger partial charge in [-0.25, -0.2) is 15.0 Å². The number of nitrogens with zero attached hydrogens (tertiary/aromatic N) is 7. The van der Waals surface area contributed by atoms with Crippen LogP contribution < -0.4 is 5.32 Å². The van der Waals surface area contributed by atoms with Crippen LogP contribution in [0, 0.1) is 0 Å². The molecule has 0 spiro atoms. The predicted octanol–water partition coefficient (Wildman–Crippen LogP) is 2.16. The molecule has 25 heavy (non-hydrogen) atoms. The number of aliphatic hydroxyl groups is 1. The highest BCUT2D eigenvalue weighted by atomic mass is 16.5. The number of ether oxygens (including phenoxy) is 1. The van der Waals surface area contributed by atoms with Crippen molar-refractivity contribution in [1.29, 1.82) is 0 Å². The van der Waals surface area contributed by atoms with E-state index in [1.54, 1.807) is 10.9 Å². The van der Waals surface area contributed by atoms with Crippen molar-refractivity contribution in [2.24, 2.45) is 5.11 Å². The first-order valence-corrected chi connectivity index (χ1v) is 7.99. The highest BCUT2D eigenvalue weighted by Crippen LogP contribution is 2.33. The van der Waals surface area contributed by atoms with Gasteiger partial charge in [-0.2, -0.15) is 0 Å². The van der Waals surface area contributed by atoms with Crippen LogP contribution in [0.2, 0.25) is 0 Å². The summed E-state index contributed by atoms with van der Waals surface area (Å²) < 4.78 is 7.57. The van der Waals surface area contributed by atoms with Gasteiger partial charge in [0.25, 0.3) is 0 Å². The van der Waals surface area contributed by atoms with E-state index < -0.39 is 18.4 Å². The van der Waals surface area contributed by atoms with Crippen LogP contribution in [0.15, 0.2) is 29.4 Å². The Morgan fingerprint density at radius 1 is 1.52 bits per heavy atom. The Kier molecular flexibility index (Phi) is 5.13. The molecule has 10 heteroatoms.